The Hall–Kier alpha value is -3.64. The first-order valence-corrected chi connectivity index (χ1v) is 10.6. The van der Waals surface area contributed by atoms with Gasteiger partial charge in [0.2, 0.25) is 0 Å². The molecule has 0 saturated carbocycles. The van der Waals surface area contributed by atoms with Gasteiger partial charge in [-0.25, -0.2) is 9.97 Å². The number of ketones is 1. The van der Waals surface area contributed by atoms with Crippen LogP contribution in [-0.4, -0.2) is 22.9 Å². The number of nitrogens with two attached hydrogens (primary N) is 1. The summed E-state index contributed by atoms with van der Waals surface area (Å²) in [5.74, 6) is 1.85. The molecule has 0 bridgehead atoms. The number of aromatic nitrogens is 2. The molecule has 32 heavy (non-hydrogen) atoms. The van der Waals surface area contributed by atoms with Crippen molar-refractivity contribution < 1.29 is 9.53 Å². The van der Waals surface area contributed by atoms with Crippen molar-refractivity contribution in [2.45, 2.75) is 19.4 Å². The zero-order valence-corrected chi connectivity index (χ0v) is 18.4. The highest BCUT2D eigenvalue weighted by Crippen LogP contribution is 2.24. The van der Waals surface area contributed by atoms with Gasteiger partial charge in [0.25, 0.3) is 0 Å². The fraction of sp³-hybridized carbons (Fsp3) is 0.160. The number of benzene rings is 2. The normalized spacial score (nSPS) is 10.8. The minimum Gasteiger partial charge on any atom is -0.497 e. The number of carbonyl (C=O) groups is 1. The van der Waals surface area contributed by atoms with E-state index in [0.717, 1.165) is 27.6 Å². The number of nitrogen functional groups attached to an aromatic ring is 1. The smallest absolute Gasteiger partial charge is 0.164 e. The van der Waals surface area contributed by atoms with Gasteiger partial charge in [0, 0.05) is 36.3 Å². The molecule has 0 aliphatic rings. The van der Waals surface area contributed by atoms with Crippen molar-refractivity contribution >= 4 is 39.8 Å². The average Bonchev–Trinajstić information content (AvgIpc) is 2.82. The van der Waals surface area contributed by atoms with Crippen LogP contribution >= 0.6 is 11.6 Å². The van der Waals surface area contributed by atoms with Crippen LogP contribution in [0.3, 0.4) is 0 Å². The molecule has 2 aromatic carbocycles. The third-order valence-corrected chi connectivity index (χ3v) is 5.57. The number of halogens is 1. The molecule has 0 fully saturated rings. The van der Waals surface area contributed by atoms with Crippen molar-refractivity contribution in [2.75, 3.05) is 18.2 Å². The molecule has 0 spiro atoms. The lowest BCUT2D eigenvalue weighted by molar-refractivity contribution is 0.0982. The minimum atomic E-state index is -0.00422. The standard InChI is InChI=1S/C25H23ClN4O2/c1-32-20-6-2-17(3-7-20)14-29-25-22(26)13-19(15-30-25)23(31)9-5-16-4-8-21-18(12-16)10-11-28-24(21)27/h2-4,6-8,10-13,15H,5,9,14H2,1H3,(H2,27,28)(H,29,30). The molecule has 0 saturated heterocycles. The van der Waals surface area contributed by atoms with Gasteiger partial charge in [0.1, 0.15) is 17.4 Å². The van der Waals surface area contributed by atoms with E-state index in [1.54, 1.807) is 25.6 Å². The van der Waals surface area contributed by atoms with Crippen molar-refractivity contribution in [3.63, 3.8) is 0 Å². The van der Waals surface area contributed by atoms with Crippen LogP contribution in [0.25, 0.3) is 10.8 Å². The molecular formula is C25H23ClN4O2. The number of pyridine rings is 2. The van der Waals surface area contributed by atoms with Crippen molar-refractivity contribution in [3.8, 4) is 5.75 Å². The van der Waals surface area contributed by atoms with Crippen LogP contribution in [0.4, 0.5) is 11.6 Å². The van der Waals surface area contributed by atoms with Crippen LogP contribution in [0.15, 0.2) is 67.0 Å². The molecule has 0 radical (unpaired) electrons. The maximum absolute atomic E-state index is 12.7. The summed E-state index contributed by atoms with van der Waals surface area (Å²) in [4.78, 5) is 21.1. The van der Waals surface area contributed by atoms with Gasteiger partial charge in [-0.15, -0.1) is 0 Å². The highest BCUT2D eigenvalue weighted by molar-refractivity contribution is 6.33. The Labute approximate surface area is 191 Å². The zero-order chi connectivity index (χ0) is 22.5. The van der Waals surface area contributed by atoms with Gasteiger partial charge in [0.15, 0.2) is 5.78 Å². The number of aryl methyl sites for hydroxylation is 1. The van der Waals surface area contributed by atoms with E-state index in [1.807, 2.05) is 48.5 Å². The Morgan fingerprint density at radius 3 is 2.59 bits per heavy atom. The number of methoxy groups -OCH3 is 1. The van der Waals surface area contributed by atoms with Gasteiger partial charge >= 0.3 is 0 Å². The van der Waals surface area contributed by atoms with E-state index >= 15 is 0 Å². The highest BCUT2D eigenvalue weighted by Gasteiger charge is 2.11. The summed E-state index contributed by atoms with van der Waals surface area (Å²) < 4.78 is 5.16. The van der Waals surface area contributed by atoms with Crippen LogP contribution in [-0.2, 0) is 13.0 Å². The molecular weight excluding hydrogens is 424 g/mol. The molecule has 7 heteroatoms. The first-order valence-electron chi connectivity index (χ1n) is 10.2. The summed E-state index contributed by atoms with van der Waals surface area (Å²) in [5, 5.41) is 5.54. The number of carbonyl (C=O) groups excluding carboxylic acids is 1. The fourth-order valence-electron chi connectivity index (χ4n) is 3.46. The minimum absolute atomic E-state index is 0.00422. The lowest BCUT2D eigenvalue weighted by Gasteiger charge is -2.10. The van der Waals surface area contributed by atoms with Crippen LogP contribution in [0.1, 0.15) is 27.9 Å². The predicted octanol–water partition coefficient (Wildman–Crippen LogP) is 5.30. The highest BCUT2D eigenvalue weighted by atomic mass is 35.5. The van der Waals surface area contributed by atoms with Crippen LogP contribution in [0, 0.1) is 0 Å². The lowest BCUT2D eigenvalue weighted by atomic mass is 10.0. The zero-order valence-electron chi connectivity index (χ0n) is 17.6. The maximum Gasteiger partial charge on any atom is 0.164 e. The van der Waals surface area contributed by atoms with E-state index in [1.165, 1.54) is 0 Å². The number of hydrogen-bond donors (Lipinski definition) is 2. The molecule has 0 amide bonds. The van der Waals surface area contributed by atoms with Crippen LogP contribution in [0.5, 0.6) is 5.75 Å². The number of hydrogen-bond acceptors (Lipinski definition) is 6. The second-order valence-corrected chi connectivity index (χ2v) is 7.84. The van der Waals surface area contributed by atoms with Gasteiger partial charge < -0.3 is 15.8 Å². The number of nitrogens with zero attached hydrogens (tertiary/aromatic N) is 2. The number of Topliss-reactive ketones (excluding diaryl/α,β-unsaturated/α-hetero) is 1. The Kier molecular flexibility index (Phi) is 6.52. The van der Waals surface area contributed by atoms with E-state index in [4.69, 9.17) is 22.1 Å². The second kappa shape index (κ2) is 9.66. The van der Waals surface area contributed by atoms with Gasteiger partial charge in [-0.1, -0.05) is 41.9 Å². The molecule has 2 heterocycles. The SMILES string of the molecule is COc1ccc(CNc2ncc(C(=O)CCc3ccc4c(N)nccc4c3)cc2Cl)cc1. The summed E-state index contributed by atoms with van der Waals surface area (Å²) in [6, 6.07) is 17.3. The molecule has 0 unspecified atom stereocenters. The van der Waals surface area contributed by atoms with Crippen molar-refractivity contribution in [2.24, 2.45) is 0 Å². The number of fused-ring (bicyclic) bond motifs is 1. The molecule has 0 aliphatic heterocycles. The Morgan fingerprint density at radius 2 is 1.84 bits per heavy atom. The average molecular weight is 447 g/mol. The first-order chi connectivity index (χ1) is 15.5. The van der Waals surface area contributed by atoms with E-state index in [2.05, 4.69) is 15.3 Å². The molecule has 0 aliphatic carbocycles. The van der Waals surface area contributed by atoms with Crippen molar-refractivity contribution in [3.05, 3.63) is 88.7 Å². The molecule has 0 atom stereocenters. The van der Waals surface area contributed by atoms with Crippen molar-refractivity contribution in [1.82, 2.24) is 9.97 Å². The first kappa shape index (κ1) is 21.6. The van der Waals surface area contributed by atoms with E-state index in [-0.39, 0.29) is 5.78 Å². The summed E-state index contributed by atoms with van der Waals surface area (Å²) in [7, 11) is 1.63. The Bertz CT molecular complexity index is 1260. The maximum atomic E-state index is 12.7. The Balaban J connectivity index is 1.37. The Morgan fingerprint density at radius 1 is 1.06 bits per heavy atom. The molecule has 4 aromatic rings. The second-order valence-electron chi connectivity index (χ2n) is 7.43. The van der Waals surface area contributed by atoms with E-state index in [0.29, 0.717) is 41.6 Å². The van der Waals surface area contributed by atoms with Crippen LogP contribution < -0.4 is 15.8 Å². The topological polar surface area (TPSA) is 90.1 Å². The molecule has 4 rings (SSSR count). The third kappa shape index (κ3) is 4.98. The number of anilines is 2. The third-order valence-electron chi connectivity index (χ3n) is 5.28. The number of rotatable bonds is 8. The van der Waals surface area contributed by atoms with Gasteiger partial charge in [0.05, 0.1) is 12.1 Å². The van der Waals surface area contributed by atoms with Gasteiger partial charge in [-0.2, -0.15) is 0 Å². The summed E-state index contributed by atoms with van der Waals surface area (Å²) >= 11 is 6.37. The van der Waals surface area contributed by atoms with E-state index in [9.17, 15) is 4.79 Å². The largest absolute Gasteiger partial charge is 0.497 e. The quantitative estimate of drug-likeness (QED) is 0.357. The lowest BCUT2D eigenvalue weighted by Crippen LogP contribution is -2.06. The number of ether oxygens (including phenoxy) is 1. The monoisotopic (exact) mass is 446 g/mol. The molecule has 162 valence electrons. The van der Waals surface area contributed by atoms with Crippen LogP contribution in [0.2, 0.25) is 5.02 Å². The molecule has 2 aromatic heterocycles. The fourth-order valence-corrected chi connectivity index (χ4v) is 3.69. The van der Waals surface area contributed by atoms with E-state index < -0.39 is 0 Å². The number of nitrogens with one attached hydrogen (secondary N) is 1. The van der Waals surface area contributed by atoms with Gasteiger partial charge in [-0.3, -0.25) is 4.79 Å². The molecule has 3 N–H and O–H groups in total. The predicted molar refractivity (Wildman–Crippen MR) is 128 cm³/mol. The van der Waals surface area contributed by atoms with Gasteiger partial charge in [-0.05, 0) is 47.2 Å². The van der Waals surface area contributed by atoms with Crippen molar-refractivity contribution in [1.29, 1.82) is 0 Å². The summed E-state index contributed by atoms with van der Waals surface area (Å²) in [5.41, 5.74) is 8.53. The summed E-state index contributed by atoms with van der Waals surface area (Å²) in [6.07, 6.45) is 4.23. The molecule has 6 nitrogen and oxygen atoms in total. The summed E-state index contributed by atoms with van der Waals surface area (Å²) in [6.45, 7) is 0.562.